The third-order valence-corrected chi connectivity index (χ3v) is 2.99. The highest BCUT2D eigenvalue weighted by Gasteiger charge is 2.19. The molecule has 1 rings (SSSR count). The first-order valence-electron chi connectivity index (χ1n) is 6.79. The van der Waals surface area contributed by atoms with Gasteiger partial charge in [0.2, 0.25) is 0 Å². The van der Waals surface area contributed by atoms with Gasteiger partial charge in [0.1, 0.15) is 6.54 Å². The highest BCUT2D eigenvalue weighted by molar-refractivity contribution is 5.96. The van der Waals surface area contributed by atoms with Crippen LogP contribution in [0.15, 0.2) is 18.2 Å². The summed E-state index contributed by atoms with van der Waals surface area (Å²) in [6.45, 7) is 4.40. The van der Waals surface area contributed by atoms with E-state index in [1.807, 2.05) is 6.92 Å². The number of methoxy groups -OCH3 is 1. The predicted molar refractivity (Wildman–Crippen MR) is 80.0 cm³/mol. The van der Waals surface area contributed by atoms with E-state index in [2.05, 4.69) is 0 Å². The third-order valence-electron chi connectivity index (χ3n) is 2.99. The van der Waals surface area contributed by atoms with E-state index in [0.29, 0.717) is 24.4 Å². The van der Waals surface area contributed by atoms with Crippen molar-refractivity contribution in [1.82, 2.24) is 4.90 Å². The minimum Gasteiger partial charge on any atom is -0.465 e. The lowest BCUT2D eigenvalue weighted by molar-refractivity contribution is -0.143. The van der Waals surface area contributed by atoms with Crippen LogP contribution in [0.1, 0.15) is 22.8 Å². The Morgan fingerprint density at radius 2 is 2.05 bits per heavy atom. The predicted octanol–water partition coefficient (Wildman–Crippen LogP) is 1.23. The highest BCUT2D eigenvalue weighted by Crippen LogP contribution is 2.14. The van der Waals surface area contributed by atoms with Gasteiger partial charge in [-0.15, -0.1) is 0 Å². The van der Waals surface area contributed by atoms with E-state index in [1.165, 1.54) is 4.90 Å². The van der Waals surface area contributed by atoms with Crippen LogP contribution in [0.25, 0.3) is 0 Å². The average molecular weight is 294 g/mol. The maximum absolute atomic E-state index is 12.5. The summed E-state index contributed by atoms with van der Waals surface area (Å²) in [5.74, 6) is -0.683. The smallest absolute Gasteiger partial charge is 0.325 e. The average Bonchev–Trinajstić information content (AvgIpc) is 2.46. The van der Waals surface area contributed by atoms with Crippen LogP contribution in [-0.4, -0.2) is 50.2 Å². The number of carbonyl (C=O) groups is 2. The molecule has 1 aromatic rings. The van der Waals surface area contributed by atoms with Gasteiger partial charge in [0.05, 0.1) is 13.2 Å². The number of amides is 1. The van der Waals surface area contributed by atoms with E-state index in [0.717, 1.165) is 5.56 Å². The summed E-state index contributed by atoms with van der Waals surface area (Å²) >= 11 is 0. The molecule has 0 unspecified atom stereocenters. The Bertz CT molecular complexity index is 502. The van der Waals surface area contributed by atoms with E-state index >= 15 is 0 Å². The summed E-state index contributed by atoms with van der Waals surface area (Å²) in [7, 11) is 1.54. The van der Waals surface area contributed by atoms with Crippen LogP contribution in [0.3, 0.4) is 0 Å². The zero-order chi connectivity index (χ0) is 15.8. The van der Waals surface area contributed by atoms with E-state index in [-0.39, 0.29) is 19.1 Å². The Balaban J connectivity index is 2.87. The summed E-state index contributed by atoms with van der Waals surface area (Å²) in [6.07, 6.45) is 0. The van der Waals surface area contributed by atoms with Gasteiger partial charge in [-0.1, -0.05) is 0 Å². The first kappa shape index (κ1) is 17.0. The van der Waals surface area contributed by atoms with Gasteiger partial charge in [-0.3, -0.25) is 9.59 Å². The summed E-state index contributed by atoms with van der Waals surface area (Å²) in [4.78, 5) is 25.5. The Kier molecular flexibility index (Phi) is 6.68. The fraction of sp³-hybridized carbons (Fsp3) is 0.467. The van der Waals surface area contributed by atoms with Gasteiger partial charge in [0.15, 0.2) is 0 Å². The molecule has 0 aromatic heterocycles. The maximum Gasteiger partial charge on any atom is 0.325 e. The standard InChI is InChI=1S/C15H22N2O4/c1-4-21-14(18)10-17(7-8-20-3)15(19)12-5-6-13(16)11(2)9-12/h5-6,9H,4,7-8,10,16H2,1-3H3. The first-order chi connectivity index (χ1) is 9.99. The van der Waals surface area contributed by atoms with Gasteiger partial charge in [0.25, 0.3) is 5.91 Å². The van der Waals surface area contributed by atoms with Crippen LogP contribution in [-0.2, 0) is 14.3 Å². The molecular formula is C15H22N2O4. The van der Waals surface area contributed by atoms with Crippen LogP contribution >= 0.6 is 0 Å². The Hall–Kier alpha value is -2.08. The number of hydrogen-bond acceptors (Lipinski definition) is 5. The molecule has 0 saturated heterocycles. The number of ether oxygens (including phenoxy) is 2. The quantitative estimate of drug-likeness (QED) is 0.604. The van der Waals surface area contributed by atoms with E-state index in [9.17, 15) is 9.59 Å². The van der Waals surface area contributed by atoms with Gasteiger partial charge in [-0.2, -0.15) is 0 Å². The number of benzene rings is 1. The molecule has 0 fully saturated rings. The van der Waals surface area contributed by atoms with Crippen molar-refractivity contribution in [2.24, 2.45) is 0 Å². The molecule has 6 nitrogen and oxygen atoms in total. The van der Waals surface area contributed by atoms with Crippen molar-refractivity contribution in [3.63, 3.8) is 0 Å². The zero-order valence-electron chi connectivity index (χ0n) is 12.7. The molecule has 21 heavy (non-hydrogen) atoms. The molecule has 0 atom stereocenters. The molecule has 0 aliphatic heterocycles. The topological polar surface area (TPSA) is 81.9 Å². The normalized spacial score (nSPS) is 10.2. The number of carbonyl (C=O) groups excluding carboxylic acids is 2. The van der Waals surface area contributed by atoms with Gasteiger partial charge in [-0.05, 0) is 37.6 Å². The second-order valence-electron chi connectivity index (χ2n) is 4.60. The largest absolute Gasteiger partial charge is 0.465 e. The van der Waals surface area contributed by atoms with Crippen molar-refractivity contribution in [2.45, 2.75) is 13.8 Å². The molecule has 0 spiro atoms. The third kappa shape index (κ3) is 5.07. The lowest BCUT2D eigenvalue weighted by atomic mass is 10.1. The fourth-order valence-corrected chi connectivity index (χ4v) is 1.81. The summed E-state index contributed by atoms with van der Waals surface area (Å²) in [5, 5.41) is 0. The SMILES string of the molecule is CCOC(=O)CN(CCOC)C(=O)c1ccc(N)c(C)c1. The number of aryl methyl sites for hydroxylation is 1. The molecule has 0 bridgehead atoms. The molecule has 1 amide bonds. The zero-order valence-corrected chi connectivity index (χ0v) is 12.7. The monoisotopic (exact) mass is 294 g/mol. The second-order valence-corrected chi connectivity index (χ2v) is 4.60. The number of esters is 1. The van der Waals surface area contributed by atoms with Gasteiger partial charge < -0.3 is 20.1 Å². The van der Waals surface area contributed by atoms with Crippen molar-refractivity contribution >= 4 is 17.6 Å². The summed E-state index contributed by atoms with van der Waals surface area (Å²) in [6, 6.07) is 5.04. The van der Waals surface area contributed by atoms with Crippen LogP contribution in [0.4, 0.5) is 5.69 Å². The van der Waals surface area contributed by atoms with Crippen LogP contribution in [0.5, 0.6) is 0 Å². The lowest BCUT2D eigenvalue weighted by Crippen LogP contribution is -2.38. The lowest BCUT2D eigenvalue weighted by Gasteiger charge is -2.21. The van der Waals surface area contributed by atoms with E-state index in [1.54, 1.807) is 32.2 Å². The van der Waals surface area contributed by atoms with Gasteiger partial charge in [-0.25, -0.2) is 0 Å². The van der Waals surface area contributed by atoms with Crippen LogP contribution < -0.4 is 5.73 Å². The number of hydrogen-bond donors (Lipinski definition) is 1. The molecule has 0 heterocycles. The Morgan fingerprint density at radius 1 is 1.33 bits per heavy atom. The number of rotatable bonds is 7. The van der Waals surface area contributed by atoms with Crippen molar-refractivity contribution in [1.29, 1.82) is 0 Å². The number of nitrogens with two attached hydrogens (primary N) is 1. The van der Waals surface area contributed by atoms with Crippen molar-refractivity contribution in [3.8, 4) is 0 Å². The Labute approximate surface area is 124 Å². The molecule has 0 radical (unpaired) electrons. The molecular weight excluding hydrogens is 272 g/mol. The second kappa shape index (κ2) is 8.26. The van der Waals surface area contributed by atoms with Crippen molar-refractivity contribution in [2.75, 3.05) is 39.1 Å². The van der Waals surface area contributed by atoms with Gasteiger partial charge >= 0.3 is 5.97 Å². The minimum atomic E-state index is -0.436. The molecule has 116 valence electrons. The fourth-order valence-electron chi connectivity index (χ4n) is 1.81. The molecule has 6 heteroatoms. The van der Waals surface area contributed by atoms with Crippen molar-refractivity contribution < 1.29 is 19.1 Å². The molecule has 0 aliphatic carbocycles. The highest BCUT2D eigenvalue weighted by atomic mass is 16.5. The number of nitrogens with zero attached hydrogens (tertiary/aromatic N) is 1. The number of anilines is 1. The van der Waals surface area contributed by atoms with E-state index < -0.39 is 5.97 Å². The molecule has 0 saturated carbocycles. The van der Waals surface area contributed by atoms with Crippen LogP contribution in [0.2, 0.25) is 0 Å². The van der Waals surface area contributed by atoms with Crippen molar-refractivity contribution in [3.05, 3.63) is 29.3 Å². The minimum absolute atomic E-state index is 0.0978. The van der Waals surface area contributed by atoms with Gasteiger partial charge in [0, 0.05) is 24.9 Å². The maximum atomic E-state index is 12.5. The van der Waals surface area contributed by atoms with Crippen LogP contribution in [0, 0.1) is 6.92 Å². The summed E-state index contributed by atoms with van der Waals surface area (Å²) < 4.78 is 9.86. The van der Waals surface area contributed by atoms with E-state index in [4.69, 9.17) is 15.2 Å². The first-order valence-corrected chi connectivity index (χ1v) is 6.79. The molecule has 2 N–H and O–H groups in total. The molecule has 1 aromatic carbocycles. The summed E-state index contributed by atoms with van der Waals surface area (Å²) in [5.41, 5.74) is 7.68. The molecule has 0 aliphatic rings. The Morgan fingerprint density at radius 3 is 2.62 bits per heavy atom. The number of nitrogen functional groups attached to an aromatic ring is 1.